The predicted molar refractivity (Wildman–Crippen MR) is 61.0 cm³/mol. The summed E-state index contributed by atoms with van der Waals surface area (Å²) in [5, 5.41) is 9.00. The largest absolute Gasteiger partial charge is 0.493 e. The smallest absolute Gasteiger partial charge is 0.344 e. The Bertz CT molecular complexity index is 375. The molecule has 0 aliphatic rings. The molecular formula is C12H16O5. The molecule has 0 bridgehead atoms. The van der Waals surface area contributed by atoms with Crippen LogP contribution in [0.15, 0.2) is 18.2 Å². The second-order valence-corrected chi connectivity index (χ2v) is 3.24. The van der Waals surface area contributed by atoms with Crippen LogP contribution in [-0.4, -0.2) is 31.4 Å². The number of carbonyl (C=O) groups is 1. The Morgan fingerprint density at radius 2 is 2.12 bits per heavy atom. The summed E-state index contributed by atoms with van der Waals surface area (Å²) < 4.78 is 15.1. The lowest BCUT2D eigenvalue weighted by molar-refractivity contribution is -0.145. The quantitative estimate of drug-likeness (QED) is 0.755. The number of methoxy groups -OCH3 is 1. The lowest BCUT2D eigenvalue weighted by atomic mass is 10.2. The second kappa shape index (κ2) is 6.75. The molecule has 0 amide bonds. The molecule has 5 heteroatoms. The molecule has 5 nitrogen and oxygen atoms in total. The van der Waals surface area contributed by atoms with Crippen molar-refractivity contribution in [2.45, 2.75) is 13.5 Å². The second-order valence-electron chi connectivity index (χ2n) is 3.24. The van der Waals surface area contributed by atoms with E-state index in [9.17, 15) is 4.79 Å². The molecule has 0 aromatic heterocycles. The third-order valence-corrected chi connectivity index (χ3v) is 2.06. The first-order valence-corrected chi connectivity index (χ1v) is 5.27. The van der Waals surface area contributed by atoms with Gasteiger partial charge in [0.15, 0.2) is 18.1 Å². The number of aliphatic hydroxyl groups excluding tert-OH is 1. The highest BCUT2D eigenvalue weighted by molar-refractivity contribution is 5.71. The summed E-state index contributed by atoms with van der Waals surface area (Å²) in [7, 11) is 1.51. The van der Waals surface area contributed by atoms with Crippen molar-refractivity contribution < 1.29 is 24.1 Å². The average Bonchev–Trinajstić information content (AvgIpc) is 2.36. The molecule has 1 rings (SSSR count). The molecule has 1 aromatic rings. The Hall–Kier alpha value is -1.75. The molecule has 17 heavy (non-hydrogen) atoms. The van der Waals surface area contributed by atoms with Gasteiger partial charge in [0.25, 0.3) is 0 Å². The van der Waals surface area contributed by atoms with Gasteiger partial charge in [0.05, 0.1) is 20.3 Å². The summed E-state index contributed by atoms with van der Waals surface area (Å²) in [6, 6.07) is 5.01. The number of ether oxygens (including phenoxy) is 3. The summed E-state index contributed by atoms with van der Waals surface area (Å²) in [5.41, 5.74) is 0.685. The highest BCUT2D eigenvalue weighted by Gasteiger charge is 2.08. The fraction of sp³-hybridized carbons (Fsp3) is 0.417. The van der Waals surface area contributed by atoms with Crippen LogP contribution in [0.3, 0.4) is 0 Å². The zero-order chi connectivity index (χ0) is 12.7. The number of rotatable bonds is 6. The lowest BCUT2D eigenvalue weighted by Gasteiger charge is -2.11. The molecule has 0 saturated heterocycles. The van der Waals surface area contributed by atoms with Crippen molar-refractivity contribution >= 4 is 5.97 Å². The number of hydrogen-bond acceptors (Lipinski definition) is 5. The Morgan fingerprint density at radius 1 is 1.35 bits per heavy atom. The van der Waals surface area contributed by atoms with Gasteiger partial charge in [0, 0.05) is 0 Å². The van der Waals surface area contributed by atoms with Crippen molar-refractivity contribution in [2.75, 3.05) is 20.3 Å². The molecule has 0 heterocycles. The molecule has 1 aromatic carbocycles. The normalized spacial score (nSPS) is 9.82. The minimum Gasteiger partial charge on any atom is -0.493 e. The van der Waals surface area contributed by atoms with Crippen LogP contribution in [0.5, 0.6) is 11.5 Å². The summed E-state index contributed by atoms with van der Waals surface area (Å²) >= 11 is 0. The molecule has 1 N–H and O–H groups in total. The van der Waals surface area contributed by atoms with Gasteiger partial charge >= 0.3 is 5.97 Å². The molecule has 0 radical (unpaired) electrons. The minimum absolute atomic E-state index is 0.0975. The van der Waals surface area contributed by atoms with Crippen LogP contribution >= 0.6 is 0 Å². The standard InChI is InChI=1S/C12H16O5/c1-3-16-12(14)8-17-11-6-9(7-13)4-5-10(11)15-2/h4-6,13H,3,7-8H2,1-2H3. The SMILES string of the molecule is CCOC(=O)COc1cc(CO)ccc1OC. The van der Waals surface area contributed by atoms with Gasteiger partial charge in [0.2, 0.25) is 0 Å². The van der Waals surface area contributed by atoms with Gasteiger partial charge in [0.1, 0.15) is 0 Å². The van der Waals surface area contributed by atoms with E-state index < -0.39 is 5.97 Å². The van der Waals surface area contributed by atoms with Crippen LogP contribution in [0.2, 0.25) is 0 Å². The van der Waals surface area contributed by atoms with Crippen molar-refractivity contribution in [3.05, 3.63) is 23.8 Å². The average molecular weight is 240 g/mol. The number of hydrogen-bond donors (Lipinski definition) is 1. The number of carbonyl (C=O) groups excluding carboxylic acids is 1. The van der Waals surface area contributed by atoms with Gasteiger partial charge in [-0.25, -0.2) is 4.79 Å². The third kappa shape index (κ3) is 3.96. The fourth-order valence-electron chi connectivity index (χ4n) is 1.27. The van der Waals surface area contributed by atoms with Crippen molar-refractivity contribution in [2.24, 2.45) is 0 Å². The molecule has 0 aliphatic heterocycles. The van der Waals surface area contributed by atoms with Crippen LogP contribution in [0, 0.1) is 0 Å². The van der Waals surface area contributed by atoms with Crippen molar-refractivity contribution in [1.29, 1.82) is 0 Å². The van der Waals surface area contributed by atoms with Gasteiger partial charge in [-0.15, -0.1) is 0 Å². The van der Waals surface area contributed by atoms with Gasteiger partial charge in [-0.1, -0.05) is 6.07 Å². The van der Waals surface area contributed by atoms with Gasteiger partial charge in [-0.3, -0.25) is 0 Å². The molecule has 0 atom stereocenters. The van der Waals surface area contributed by atoms with Crippen molar-refractivity contribution in [3.8, 4) is 11.5 Å². The Kier molecular flexibility index (Phi) is 5.29. The maximum absolute atomic E-state index is 11.1. The van der Waals surface area contributed by atoms with Gasteiger partial charge in [-0.05, 0) is 24.6 Å². The van der Waals surface area contributed by atoms with E-state index in [1.165, 1.54) is 7.11 Å². The van der Waals surface area contributed by atoms with E-state index in [0.717, 1.165) is 0 Å². The van der Waals surface area contributed by atoms with E-state index >= 15 is 0 Å². The Labute approximate surface area is 99.9 Å². The third-order valence-electron chi connectivity index (χ3n) is 2.06. The minimum atomic E-state index is -0.441. The van der Waals surface area contributed by atoms with E-state index in [4.69, 9.17) is 19.3 Å². The monoisotopic (exact) mass is 240 g/mol. The first-order valence-electron chi connectivity index (χ1n) is 5.27. The van der Waals surface area contributed by atoms with Crippen LogP contribution in [0.25, 0.3) is 0 Å². The number of esters is 1. The maximum atomic E-state index is 11.1. The van der Waals surface area contributed by atoms with Crippen molar-refractivity contribution in [3.63, 3.8) is 0 Å². The fourth-order valence-corrected chi connectivity index (χ4v) is 1.27. The van der Waals surface area contributed by atoms with E-state index in [0.29, 0.717) is 23.7 Å². The highest BCUT2D eigenvalue weighted by Crippen LogP contribution is 2.28. The summed E-state index contributed by atoms with van der Waals surface area (Å²) in [5.74, 6) is 0.475. The molecule has 0 fully saturated rings. The molecule has 0 unspecified atom stereocenters. The Morgan fingerprint density at radius 3 is 2.71 bits per heavy atom. The predicted octanol–water partition coefficient (Wildman–Crippen LogP) is 1.13. The van der Waals surface area contributed by atoms with Crippen LogP contribution in [0.4, 0.5) is 0 Å². The zero-order valence-corrected chi connectivity index (χ0v) is 9.93. The maximum Gasteiger partial charge on any atom is 0.344 e. The topological polar surface area (TPSA) is 65.0 Å². The van der Waals surface area contributed by atoms with E-state index in [2.05, 4.69) is 0 Å². The molecule has 0 aliphatic carbocycles. The zero-order valence-electron chi connectivity index (χ0n) is 9.93. The molecule has 94 valence electrons. The molecular weight excluding hydrogens is 224 g/mol. The first kappa shape index (κ1) is 13.3. The van der Waals surface area contributed by atoms with Crippen LogP contribution in [0.1, 0.15) is 12.5 Å². The summed E-state index contributed by atoms with van der Waals surface area (Å²) in [4.78, 5) is 11.1. The van der Waals surface area contributed by atoms with Gasteiger partial charge in [-0.2, -0.15) is 0 Å². The number of benzene rings is 1. The summed E-state index contributed by atoms with van der Waals surface area (Å²) in [6.07, 6.45) is 0. The van der Waals surface area contributed by atoms with Crippen LogP contribution < -0.4 is 9.47 Å². The first-order chi connectivity index (χ1) is 8.21. The highest BCUT2D eigenvalue weighted by atomic mass is 16.6. The molecule has 0 saturated carbocycles. The molecule has 0 spiro atoms. The van der Waals surface area contributed by atoms with E-state index in [-0.39, 0.29) is 13.2 Å². The number of aliphatic hydroxyl groups is 1. The van der Waals surface area contributed by atoms with E-state index in [1.54, 1.807) is 25.1 Å². The Balaban J connectivity index is 2.70. The van der Waals surface area contributed by atoms with E-state index in [1.807, 2.05) is 0 Å². The van der Waals surface area contributed by atoms with Crippen molar-refractivity contribution in [1.82, 2.24) is 0 Å². The van der Waals surface area contributed by atoms with Crippen LogP contribution in [-0.2, 0) is 16.1 Å². The summed E-state index contributed by atoms with van der Waals surface area (Å²) in [6.45, 7) is 1.76. The van der Waals surface area contributed by atoms with Gasteiger partial charge < -0.3 is 19.3 Å². The lowest BCUT2D eigenvalue weighted by Crippen LogP contribution is -2.15.